The van der Waals surface area contributed by atoms with Crippen molar-refractivity contribution in [1.29, 1.82) is 0 Å². The zero-order valence-corrected chi connectivity index (χ0v) is 17.2. The van der Waals surface area contributed by atoms with E-state index >= 15 is 0 Å². The van der Waals surface area contributed by atoms with Crippen LogP contribution < -0.4 is 34.7 Å². The molecular weight excluding hydrogens is 433 g/mol. The van der Waals surface area contributed by atoms with Gasteiger partial charge in [0.2, 0.25) is 0 Å². The van der Waals surface area contributed by atoms with E-state index in [9.17, 15) is 14.7 Å². The number of amides is 1. The standard InChI is InChI=1S/C9H9ClN2O3SSe2.Na/c1-11-7(15)6(18-9(11)16)8-12(2-5(13)14)4(10)3-17-8;/h4H,2-3H2,1H3,(H,13,14);/q;+1/p-1/b8-6-;. The normalized spacial score (nSPS) is 26.9. The molecule has 2 aliphatic heterocycles. The molecule has 2 heterocycles. The van der Waals surface area contributed by atoms with Gasteiger partial charge in [0.05, 0.1) is 0 Å². The molecule has 19 heavy (non-hydrogen) atoms. The van der Waals surface area contributed by atoms with E-state index in [0.717, 1.165) is 4.60 Å². The summed E-state index contributed by atoms with van der Waals surface area (Å²) < 4.78 is 2.06. The van der Waals surface area contributed by atoms with Crippen molar-refractivity contribution < 1.29 is 44.3 Å². The molecule has 5 nitrogen and oxygen atoms in total. The number of nitrogens with zero attached hydrogens (tertiary/aromatic N) is 2. The molecule has 0 aliphatic carbocycles. The molecule has 2 rings (SSSR count). The predicted molar refractivity (Wildman–Crippen MR) is 70.1 cm³/mol. The Labute approximate surface area is 155 Å². The molecule has 0 spiro atoms. The zero-order chi connectivity index (χ0) is 13.4. The fraction of sp³-hybridized carbons (Fsp3) is 0.444. The molecule has 0 aromatic heterocycles. The van der Waals surface area contributed by atoms with Gasteiger partial charge in [0.1, 0.15) is 0 Å². The molecule has 1 amide bonds. The first kappa shape index (κ1) is 17.9. The van der Waals surface area contributed by atoms with E-state index in [1.165, 1.54) is 4.90 Å². The number of rotatable bonds is 2. The predicted octanol–water partition coefficient (Wildman–Crippen LogP) is -4.63. The maximum absolute atomic E-state index is 12.0. The number of hydrogen-bond donors (Lipinski definition) is 0. The minimum absolute atomic E-state index is 0. The molecule has 10 heteroatoms. The maximum atomic E-state index is 12.0. The Bertz CT molecular complexity index is 476. The number of carboxylic acid groups (broad SMARTS) is 1. The smallest absolute Gasteiger partial charge is 1.00 e. The number of carboxylic acids is 1. The second-order valence-corrected chi connectivity index (χ2v) is 9.30. The van der Waals surface area contributed by atoms with E-state index in [0.29, 0.717) is 13.7 Å². The molecule has 0 saturated carbocycles. The largest absolute Gasteiger partial charge is 1.00 e. The van der Waals surface area contributed by atoms with Gasteiger partial charge < -0.3 is 0 Å². The van der Waals surface area contributed by atoms with Gasteiger partial charge in [0, 0.05) is 0 Å². The average molecular weight is 441 g/mol. The Morgan fingerprint density at radius 1 is 1.63 bits per heavy atom. The quantitative estimate of drug-likeness (QED) is 0.142. The van der Waals surface area contributed by atoms with E-state index in [4.69, 9.17) is 23.8 Å². The van der Waals surface area contributed by atoms with Crippen LogP contribution >= 0.6 is 23.8 Å². The summed E-state index contributed by atoms with van der Waals surface area (Å²) >= 11 is 11.0. The van der Waals surface area contributed by atoms with Crippen molar-refractivity contribution in [2.75, 3.05) is 13.6 Å². The van der Waals surface area contributed by atoms with Crippen LogP contribution in [0.25, 0.3) is 0 Å². The zero-order valence-electron chi connectivity index (χ0n) is 10.2. The molecule has 0 aromatic carbocycles. The molecular formula is C9H8ClN2NaO3SSe2. The van der Waals surface area contributed by atoms with Crippen molar-refractivity contribution in [2.24, 2.45) is 0 Å². The van der Waals surface area contributed by atoms with Crippen LogP contribution in [0.1, 0.15) is 0 Å². The van der Waals surface area contributed by atoms with E-state index in [2.05, 4.69) is 0 Å². The van der Waals surface area contributed by atoms with Crippen LogP contribution in [0, 0.1) is 0 Å². The van der Waals surface area contributed by atoms with Crippen molar-refractivity contribution >= 4 is 69.5 Å². The first-order chi connectivity index (χ1) is 8.41. The van der Waals surface area contributed by atoms with E-state index in [1.54, 1.807) is 11.9 Å². The molecule has 1 unspecified atom stereocenters. The Morgan fingerprint density at radius 2 is 2.26 bits per heavy atom. The third kappa shape index (κ3) is 3.76. The minimum Gasteiger partial charge on any atom is 1.00 e. The van der Waals surface area contributed by atoms with Crippen molar-refractivity contribution in [3.05, 3.63) is 9.07 Å². The summed E-state index contributed by atoms with van der Waals surface area (Å²) in [6, 6.07) is 0. The number of halogens is 1. The van der Waals surface area contributed by atoms with Crippen molar-refractivity contribution in [3.63, 3.8) is 0 Å². The van der Waals surface area contributed by atoms with Crippen molar-refractivity contribution in [2.45, 2.75) is 10.8 Å². The van der Waals surface area contributed by atoms with Crippen LogP contribution in [-0.2, 0) is 9.59 Å². The first-order valence-electron chi connectivity index (χ1n) is 4.89. The molecule has 1 atom stereocenters. The van der Waals surface area contributed by atoms with Crippen LogP contribution in [0.3, 0.4) is 0 Å². The number of aliphatic carboxylic acids is 1. The van der Waals surface area contributed by atoms with Crippen LogP contribution in [0.5, 0.6) is 0 Å². The summed E-state index contributed by atoms with van der Waals surface area (Å²) in [5, 5.41) is 11.4. The van der Waals surface area contributed by atoms with Crippen LogP contribution in [0.4, 0.5) is 0 Å². The van der Waals surface area contributed by atoms with Gasteiger partial charge in [-0.15, -0.1) is 0 Å². The molecule has 2 saturated heterocycles. The Balaban J connectivity index is 0.00000180. The van der Waals surface area contributed by atoms with Gasteiger partial charge in [-0.05, 0) is 0 Å². The summed E-state index contributed by atoms with van der Waals surface area (Å²) in [4.78, 5) is 25.8. The molecule has 0 radical (unpaired) electrons. The molecule has 2 aliphatic rings. The Morgan fingerprint density at radius 3 is 2.74 bits per heavy atom. The molecule has 98 valence electrons. The summed E-state index contributed by atoms with van der Waals surface area (Å²) in [7, 11) is 1.64. The molecule has 0 aromatic rings. The number of alkyl halides is 1. The van der Waals surface area contributed by atoms with Crippen LogP contribution in [-0.4, -0.2) is 74.6 Å². The van der Waals surface area contributed by atoms with Gasteiger partial charge in [-0.25, -0.2) is 0 Å². The van der Waals surface area contributed by atoms with Gasteiger partial charge in [0.25, 0.3) is 0 Å². The van der Waals surface area contributed by atoms with Gasteiger partial charge >= 0.3 is 157 Å². The third-order valence-electron chi connectivity index (χ3n) is 2.41. The molecule has 0 bridgehead atoms. The number of carbonyl (C=O) groups excluding carboxylic acids is 2. The number of likely N-dealkylation sites (N-methyl/N-ethyl adjacent to an activating group) is 1. The second kappa shape index (κ2) is 7.25. The minimum atomic E-state index is -1.19. The summed E-state index contributed by atoms with van der Waals surface area (Å²) in [6.07, 6.45) is 0. The third-order valence-corrected chi connectivity index (χ3v) is 9.23. The van der Waals surface area contributed by atoms with Gasteiger partial charge in [-0.2, -0.15) is 0 Å². The Hall–Kier alpha value is 0.899. The fourth-order valence-corrected chi connectivity index (χ4v) is 7.69. The monoisotopic (exact) mass is 442 g/mol. The van der Waals surface area contributed by atoms with Gasteiger partial charge in [0.15, 0.2) is 0 Å². The van der Waals surface area contributed by atoms with E-state index < -0.39 is 5.97 Å². The summed E-state index contributed by atoms with van der Waals surface area (Å²) in [5.41, 5.74) is -0.367. The van der Waals surface area contributed by atoms with E-state index in [1.807, 2.05) is 0 Å². The number of hydrogen-bond acceptors (Lipinski definition) is 5. The molecule has 0 N–H and O–H groups in total. The number of carbonyl (C=O) groups is 2. The van der Waals surface area contributed by atoms with Gasteiger partial charge in [-0.1, -0.05) is 0 Å². The first-order valence-corrected chi connectivity index (χ1v) is 9.52. The van der Waals surface area contributed by atoms with E-state index in [-0.39, 0.29) is 77.4 Å². The summed E-state index contributed by atoms with van der Waals surface area (Å²) in [5.74, 6) is -1.31. The SMILES string of the molecule is CN1C(=O)/C(=C2/[Se]CC(Cl)N2CC(=O)[O-])[Se]C1=S.[Na+]. The van der Waals surface area contributed by atoms with Crippen LogP contribution in [0.2, 0.25) is 5.32 Å². The van der Waals surface area contributed by atoms with Gasteiger partial charge in [-0.3, -0.25) is 0 Å². The fourth-order valence-electron chi connectivity index (χ4n) is 1.52. The molecule has 2 fully saturated rings. The van der Waals surface area contributed by atoms with Crippen LogP contribution in [0.15, 0.2) is 9.07 Å². The van der Waals surface area contributed by atoms with Crippen molar-refractivity contribution in [3.8, 4) is 0 Å². The summed E-state index contributed by atoms with van der Waals surface area (Å²) in [6.45, 7) is -0.269. The topological polar surface area (TPSA) is 63.7 Å². The number of thiocarbonyl (C=S) groups is 1. The average Bonchev–Trinajstić information content (AvgIpc) is 2.75. The van der Waals surface area contributed by atoms with Crippen molar-refractivity contribution in [1.82, 2.24) is 9.80 Å². The maximum Gasteiger partial charge on any atom is 1.00 e. The second-order valence-electron chi connectivity index (χ2n) is 3.61. The Kier molecular flexibility index (Phi) is 6.85.